The second kappa shape index (κ2) is 12.0. The maximum absolute atomic E-state index is 6.41. The first kappa shape index (κ1) is 31.0. The third-order valence-electron chi connectivity index (χ3n) is 11.8. The highest BCUT2D eigenvalue weighted by Gasteiger charge is 2.30. The fraction of sp³-hybridized carbons (Fsp3) is 0. The van der Waals surface area contributed by atoms with Crippen LogP contribution in [0, 0.1) is 0 Å². The van der Waals surface area contributed by atoms with E-state index in [0.717, 1.165) is 44.6 Å². The molecule has 2 aliphatic carbocycles. The molecule has 1 heterocycles. The van der Waals surface area contributed by atoms with Crippen LogP contribution < -0.4 is 4.90 Å². The van der Waals surface area contributed by atoms with Gasteiger partial charge >= 0.3 is 0 Å². The highest BCUT2D eigenvalue weighted by Crippen LogP contribution is 2.57. The van der Waals surface area contributed by atoms with Crippen molar-refractivity contribution in [2.75, 3.05) is 4.90 Å². The number of hydrogen-bond donors (Lipinski definition) is 0. The van der Waals surface area contributed by atoms with Gasteiger partial charge in [0, 0.05) is 33.8 Å². The fourth-order valence-electron chi connectivity index (χ4n) is 9.30. The van der Waals surface area contributed by atoms with Gasteiger partial charge in [-0.2, -0.15) is 0 Å². The van der Waals surface area contributed by atoms with Crippen molar-refractivity contribution in [2.45, 2.75) is 0 Å². The number of hydrogen-bond acceptors (Lipinski definition) is 2. The number of anilines is 3. The minimum atomic E-state index is 0.872. The number of benzene rings is 9. The van der Waals surface area contributed by atoms with Crippen LogP contribution in [-0.2, 0) is 0 Å². The van der Waals surface area contributed by atoms with Gasteiger partial charge in [0.2, 0.25) is 0 Å². The van der Waals surface area contributed by atoms with Crippen molar-refractivity contribution < 1.29 is 4.42 Å². The summed E-state index contributed by atoms with van der Waals surface area (Å²) < 4.78 is 6.41. The van der Waals surface area contributed by atoms with Crippen molar-refractivity contribution in [1.29, 1.82) is 0 Å². The van der Waals surface area contributed by atoms with Crippen molar-refractivity contribution in [3.63, 3.8) is 0 Å². The lowest BCUT2D eigenvalue weighted by molar-refractivity contribution is 0.669. The minimum absolute atomic E-state index is 0.872. The first-order valence-corrected chi connectivity index (χ1v) is 19.3. The Balaban J connectivity index is 1.01. The normalized spacial score (nSPS) is 11.9. The minimum Gasteiger partial charge on any atom is -0.456 e. The van der Waals surface area contributed by atoms with Crippen LogP contribution in [0.2, 0.25) is 0 Å². The average molecular weight is 712 g/mol. The summed E-state index contributed by atoms with van der Waals surface area (Å²) in [6.07, 6.45) is 0. The second-order valence-electron chi connectivity index (χ2n) is 14.8. The molecule has 10 aromatic rings. The van der Waals surface area contributed by atoms with E-state index in [4.69, 9.17) is 4.42 Å². The number of para-hydroxylation sites is 2. The molecule has 56 heavy (non-hydrogen) atoms. The Morgan fingerprint density at radius 3 is 1.62 bits per heavy atom. The van der Waals surface area contributed by atoms with Crippen LogP contribution in [0.25, 0.3) is 99.8 Å². The highest BCUT2D eigenvalue weighted by atomic mass is 16.3. The van der Waals surface area contributed by atoms with E-state index in [1.807, 2.05) is 12.1 Å². The monoisotopic (exact) mass is 711 g/mol. The molecule has 9 aromatic carbocycles. The van der Waals surface area contributed by atoms with E-state index in [0.29, 0.717) is 0 Å². The zero-order valence-electron chi connectivity index (χ0n) is 30.4. The summed E-state index contributed by atoms with van der Waals surface area (Å²) >= 11 is 0. The molecule has 260 valence electrons. The molecule has 6 bridgehead atoms. The van der Waals surface area contributed by atoms with Crippen LogP contribution in [0.1, 0.15) is 0 Å². The van der Waals surface area contributed by atoms with E-state index in [9.17, 15) is 0 Å². The Morgan fingerprint density at radius 2 is 0.839 bits per heavy atom. The quantitative estimate of drug-likeness (QED) is 0.177. The Morgan fingerprint density at radius 1 is 0.286 bits per heavy atom. The zero-order valence-corrected chi connectivity index (χ0v) is 30.4. The summed E-state index contributed by atoms with van der Waals surface area (Å²) in [5, 5.41) is 2.25. The maximum Gasteiger partial charge on any atom is 0.137 e. The predicted molar refractivity (Wildman–Crippen MR) is 234 cm³/mol. The molecule has 0 radical (unpaired) electrons. The predicted octanol–water partition coefficient (Wildman–Crippen LogP) is 15.4. The van der Waals surface area contributed by atoms with E-state index < -0.39 is 0 Å². The number of nitrogens with zero attached hydrogens (tertiary/aromatic N) is 1. The van der Waals surface area contributed by atoms with Gasteiger partial charge in [-0.1, -0.05) is 152 Å². The summed E-state index contributed by atoms with van der Waals surface area (Å²) in [5.74, 6) is 0. The topological polar surface area (TPSA) is 16.4 Å². The second-order valence-corrected chi connectivity index (χ2v) is 14.8. The van der Waals surface area contributed by atoms with Crippen molar-refractivity contribution in [2.24, 2.45) is 0 Å². The largest absolute Gasteiger partial charge is 0.456 e. The van der Waals surface area contributed by atoms with Gasteiger partial charge in [-0.25, -0.2) is 0 Å². The molecule has 1 aromatic heterocycles. The van der Waals surface area contributed by atoms with Crippen LogP contribution in [0.4, 0.5) is 17.1 Å². The molecular formula is C54H33NO. The van der Waals surface area contributed by atoms with Crippen molar-refractivity contribution >= 4 is 39.0 Å². The Labute approximate surface area is 325 Å². The van der Waals surface area contributed by atoms with Crippen molar-refractivity contribution in [3.05, 3.63) is 200 Å². The molecule has 2 heteroatoms. The third-order valence-corrected chi connectivity index (χ3v) is 11.8. The van der Waals surface area contributed by atoms with E-state index in [-0.39, 0.29) is 0 Å². The smallest absolute Gasteiger partial charge is 0.137 e. The SMILES string of the molecule is c1ccc(-c2ccccc2N(c2ccc(-c3ccc4c(c3)-c3c5cccc3-c3cccc-4c3-c3ccccc3-5)cc2)c2ccc3c(c2)oc2ccccc23)cc1. The summed E-state index contributed by atoms with van der Waals surface area (Å²) in [6.45, 7) is 0. The molecular weight excluding hydrogens is 679 g/mol. The number of fused-ring (bicyclic) bond motifs is 7. The lowest BCUT2D eigenvalue weighted by atomic mass is 9.83. The van der Waals surface area contributed by atoms with Crippen LogP contribution in [0.3, 0.4) is 0 Å². The van der Waals surface area contributed by atoms with Gasteiger partial charge in [0.25, 0.3) is 0 Å². The first-order chi connectivity index (χ1) is 27.8. The molecule has 0 fully saturated rings. The Hall–Kier alpha value is -7.42. The average Bonchev–Trinajstić information content (AvgIpc) is 3.59. The van der Waals surface area contributed by atoms with E-state index >= 15 is 0 Å². The van der Waals surface area contributed by atoms with Gasteiger partial charge in [-0.05, 0) is 115 Å². The zero-order chi connectivity index (χ0) is 36.7. The first-order valence-electron chi connectivity index (χ1n) is 19.3. The summed E-state index contributed by atoms with van der Waals surface area (Å²) in [7, 11) is 0. The maximum atomic E-state index is 6.41. The molecule has 2 aliphatic rings. The van der Waals surface area contributed by atoms with Crippen LogP contribution in [0.15, 0.2) is 205 Å². The van der Waals surface area contributed by atoms with Crippen molar-refractivity contribution in [1.82, 2.24) is 0 Å². The molecule has 0 amide bonds. The summed E-state index contributed by atoms with van der Waals surface area (Å²) in [4.78, 5) is 2.36. The van der Waals surface area contributed by atoms with Gasteiger partial charge in [0.05, 0.1) is 5.69 Å². The van der Waals surface area contributed by atoms with E-state index in [1.165, 1.54) is 72.3 Å². The lowest BCUT2D eigenvalue weighted by Gasteiger charge is -2.28. The van der Waals surface area contributed by atoms with Gasteiger partial charge in [-0.15, -0.1) is 0 Å². The van der Waals surface area contributed by atoms with Gasteiger partial charge in [0.1, 0.15) is 11.2 Å². The van der Waals surface area contributed by atoms with Gasteiger partial charge < -0.3 is 9.32 Å². The molecule has 0 unspecified atom stereocenters. The molecule has 0 spiro atoms. The number of furan rings is 1. The molecule has 2 nitrogen and oxygen atoms in total. The van der Waals surface area contributed by atoms with E-state index in [2.05, 4.69) is 193 Å². The van der Waals surface area contributed by atoms with Gasteiger partial charge in [-0.3, -0.25) is 0 Å². The Bertz CT molecular complexity index is 3170. The third kappa shape index (κ3) is 4.57. The van der Waals surface area contributed by atoms with E-state index in [1.54, 1.807) is 0 Å². The van der Waals surface area contributed by atoms with Crippen LogP contribution in [0.5, 0.6) is 0 Å². The molecule has 0 saturated carbocycles. The lowest BCUT2D eigenvalue weighted by Crippen LogP contribution is -2.11. The molecule has 0 atom stereocenters. The standard InChI is InChI=1S/C54H33NO/c1-2-12-35(13-3-1)39-14-6-8-22-50(39)55(38-29-31-43-42-16-7-9-23-51(42)56-52(43)33-38)37-27-24-34(25-28-37)36-26-30-41-46-19-11-20-47-48-21-10-18-45(54(48)49(41)32-36)40-15-4-5-17-44(40)53(46)47/h1-33H. The van der Waals surface area contributed by atoms with Crippen LogP contribution in [-0.4, -0.2) is 0 Å². The number of rotatable bonds is 5. The molecule has 0 N–H and O–H groups in total. The van der Waals surface area contributed by atoms with Crippen LogP contribution >= 0.6 is 0 Å². The molecule has 0 saturated heterocycles. The molecule has 12 rings (SSSR count). The summed E-state index contributed by atoms with van der Waals surface area (Å²) in [6, 6.07) is 72.8. The fourth-order valence-corrected chi connectivity index (χ4v) is 9.30. The molecule has 0 aliphatic heterocycles. The Kier molecular flexibility index (Phi) is 6.66. The van der Waals surface area contributed by atoms with Crippen molar-refractivity contribution in [3.8, 4) is 77.9 Å². The summed E-state index contributed by atoms with van der Waals surface area (Å²) in [5.41, 5.74) is 22.7. The van der Waals surface area contributed by atoms with Gasteiger partial charge in [0.15, 0.2) is 0 Å². The highest BCUT2D eigenvalue weighted by molar-refractivity contribution is 6.15.